The smallest absolute Gasteiger partial charge is 0.345 e. The summed E-state index contributed by atoms with van der Waals surface area (Å²) in [6.45, 7) is 2.13. The van der Waals surface area contributed by atoms with Crippen LogP contribution in [0.3, 0.4) is 0 Å². The van der Waals surface area contributed by atoms with E-state index in [-0.39, 0.29) is 47.1 Å². The van der Waals surface area contributed by atoms with Crippen molar-refractivity contribution in [2.75, 3.05) is 13.1 Å². The Morgan fingerprint density at radius 3 is 2.12 bits per heavy atom. The standard InChI is InChI=1S/C37H35NO12/c1-2-38-17-27(21-13-31(43)35(47)32(44)14-21)36(37(48)49)50-33(45)9-7-20-12-30(42)34(46)23-8-6-19(11-24(20)23)26-16-29(41)28(40)15-25(26)18-4-3-5-22(39)10-18/h3-5,7,9-16,27,36,38-44,46-47H,2,6,8,17H2,1H3,(H,48,49). The van der Waals surface area contributed by atoms with Crippen LogP contribution in [0.4, 0.5) is 0 Å². The quantitative estimate of drug-likeness (QED) is 0.0576. The molecule has 50 heavy (non-hydrogen) atoms. The molecule has 0 saturated carbocycles. The van der Waals surface area contributed by atoms with Gasteiger partial charge < -0.3 is 56.0 Å². The highest BCUT2D eigenvalue weighted by molar-refractivity contribution is 5.96. The van der Waals surface area contributed by atoms with E-state index < -0.39 is 47.0 Å². The van der Waals surface area contributed by atoms with Crippen LogP contribution in [0.2, 0.25) is 0 Å². The summed E-state index contributed by atoms with van der Waals surface area (Å²) in [5.41, 5.74) is 3.33. The molecule has 0 amide bonds. The molecule has 0 spiro atoms. The number of carbonyl (C=O) groups is 2. The highest BCUT2D eigenvalue weighted by Crippen LogP contribution is 2.46. The summed E-state index contributed by atoms with van der Waals surface area (Å²) in [4.78, 5) is 25.4. The van der Waals surface area contributed by atoms with E-state index in [2.05, 4.69) is 5.32 Å². The highest BCUT2D eigenvalue weighted by atomic mass is 16.6. The van der Waals surface area contributed by atoms with Gasteiger partial charge in [-0.3, -0.25) is 0 Å². The average Bonchev–Trinajstić information content (AvgIpc) is 3.08. The van der Waals surface area contributed by atoms with E-state index in [9.17, 15) is 55.5 Å². The predicted octanol–water partition coefficient (Wildman–Crippen LogP) is 4.89. The van der Waals surface area contributed by atoms with Crippen LogP contribution in [0.15, 0.2) is 60.7 Å². The number of benzene rings is 4. The lowest BCUT2D eigenvalue weighted by Crippen LogP contribution is -2.38. The number of fused-ring (bicyclic) bond motifs is 1. The Hall–Kier alpha value is -6.34. The predicted molar refractivity (Wildman–Crippen MR) is 182 cm³/mol. The normalized spacial score (nSPS) is 13.7. The number of nitrogens with one attached hydrogen (secondary N) is 1. The molecule has 10 N–H and O–H groups in total. The molecule has 0 saturated heterocycles. The molecule has 4 aromatic rings. The molecule has 0 aliphatic heterocycles. The molecule has 1 aliphatic rings. The van der Waals surface area contributed by atoms with Crippen LogP contribution in [0.1, 0.15) is 47.1 Å². The van der Waals surface area contributed by atoms with Crippen LogP contribution in [0.5, 0.6) is 46.0 Å². The van der Waals surface area contributed by atoms with Crippen molar-refractivity contribution in [3.8, 4) is 57.1 Å². The van der Waals surface area contributed by atoms with Crippen LogP contribution in [0, 0.1) is 0 Å². The lowest BCUT2D eigenvalue weighted by Gasteiger charge is -2.25. The fourth-order valence-corrected chi connectivity index (χ4v) is 5.95. The van der Waals surface area contributed by atoms with Crippen molar-refractivity contribution in [1.29, 1.82) is 0 Å². The summed E-state index contributed by atoms with van der Waals surface area (Å²) < 4.78 is 5.35. The van der Waals surface area contributed by atoms with Crippen molar-refractivity contribution in [2.45, 2.75) is 31.8 Å². The van der Waals surface area contributed by atoms with Gasteiger partial charge in [0, 0.05) is 24.1 Å². The van der Waals surface area contributed by atoms with Gasteiger partial charge in [-0.25, -0.2) is 9.59 Å². The summed E-state index contributed by atoms with van der Waals surface area (Å²) >= 11 is 0. The van der Waals surface area contributed by atoms with Gasteiger partial charge in [-0.05, 0) is 107 Å². The van der Waals surface area contributed by atoms with E-state index in [4.69, 9.17) is 4.74 Å². The van der Waals surface area contributed by atoms with Gasteiger partial charge in [-0.1, -0.05) is 25.1 Å². The van der Waals surface area contributed by atoms with Crippen molar-refractivity contribution < 1.29 is 60.3 Å². The number of phenolic OH excluding ortho intramolecular Hbond substituents is 8. The molecule has 0 aromatic heterocycles. The van der Waals surface area contributed by atoms with Gasteiger partial charge >= 0.3 is 11.9 Å². The zero-order chi connectivity index (χ0) is 36.3. The third-order valence-electron chi connectivity index (χ3n) is 8.42. The number of aromatic hydroxyl groups is 8. The molecule has 4 aromatic carbocycles. The topological polar surface area (TPSA) is 237 Å². The number of hydrogen-bond donors (Lipinski definition) is 10. The Labute approximate surface area is 285 Å². The molecule has 13 heteroatoms. The zero-order valence-corrected chi connectivity index (χ0v) is 26.7. The molecule has 13 nitrogen and oxygen atoms in total. The Kier molecular flexibility index (Phi) is 10.1. The first-order chi connectivity index (χ1) is 23.8. The second-order valence-electron chi connectivity index (χ2n) is 11.7. The minimum atomic E-state index is -1.80. The number of phenols is 8. The first-order valence-corrected chi connectivity index (χ1v) is 15.5. The van der Waals surface area contributed by atoms with Crippen LogP contribution in [0.25, 0.3) is 28.9 Å². The second-order valence-corrected chi connectivity index (χ2v) is 11.7. The van der Waals surface area contributed by atoms with Crippen molar-refractivity contribution >= 4 is 29.7 Å². The van der Waals surface area contributed by atoms with Crippen molar-refractivity contribution in [3.05, 3.63) is 88.5 Å². The molecular formula is C37H35NO12. The number of rotatable bonds is 11. The number of carboxylic acid groups (broad SMARTS) is 1. The first kappa shape index (κ1) is 35.0. The number of ether oxygens (including phenoxy) is 1. The van der Waals surface area contributed by atoms with Crippen LogP contribution in [-0.4, -0.2) is 77.1 Å². The van der Waals surface area contributed by atoms with Gasteiger partial charge in [-0.2, -0.15) is 0 Å². The van der Waals surface area contributed by atoms with Crippen LogP contribution < -0.4 is 5.32 Å². The van der Waals surface area contributed by atoms with Gasteiger partial charge in [0.25, 0.3) is 0 Å². The number of likely N-dealkylation sites (N-methyl/N-ethyl adjacent to an activating group) is 1. The Morgan fingerprint density at radius 1 is 0.820 bits per heavy atom. The first-order valence-electron chi connectivity index (χ1n) is 15.5. The van der Waals surface area contributed by atoms with Gasteiger partial charge in [0.2, 0.25) is 6.10 Å². The summed E-state index contributed by atoms with van der Waals surface area (Å²) in [6.07, 6.45) is 2.68. The van der Waals surface area contributed by atoms with Crippen molar-refractivity contribution in [1.82, 2.24) is 5.32 Å². The molecule has 0 bridgehead atoms. The summed E-state index contributed by atoms with van der Waals surface area (Å²) in [6, 6.07) is 12.4. The fraction of sp³-hybridized carbons (Fsp3) is 0.189. The number of hydrogen-bond acceptors (Lipinski definition) is 12. The Morgan fingerprint density at radius 2 is 1.48 bits per heavy atom. The van der Waals surface area contributed by atoms with E-state index >= 15 is 0 Å². The minimum absolute atomic E-state index is 0.0128. The van der Waals surface area contributed by atoms with Gasteiger partial charge in [0.05, 0.1) is 0 Å². The van der Waals surface area contributed by atoms with Crippen molar-refractivity contribution in [3.63, 3.8) is 0 Å². The molecule has 0 heterocycles. The number of allylic oxidation sites excluding steroid dienone is 1. The minimum Gasteiger partial charge on any atom is -0.508 e. The maximum Gasteiger partial charge on any atom is 0.345 e. The van der Waals surface area contributed by atoms with Crippen LogP contribution in [-0.2, 0) is 20.7 Å². The van der Waals surface area contributed by atoms with E-state index in [0.29, 0.717) is 46.4 Å². The third-order valence-corrected chi connectivity index (χ3v) is 8.42. The molecule has 1 aliphatic carbocycles. The summed E-state index contributed by atoms with van der Waals surface area (Å²) in [5, 5.41) is 94.8. The molecular weight excluding hydrogens is 650 g/mol. The molecule has 0 fully saturated rings. The number of carbonyl (C=O) groups excluding carboxylic acids is 1. The highest BCUT2D eigenvalue weighted by Gasteiger charge is 2.34. The van der Waals surface area contributed by atoms with Crippen LogP contribution >= 0.6 is 0 Å². The number of esters is 1. The number of aliphatic carboxylic acids is 1. The fourth-order valence-electron chi connectivity index (χ4n) is 5.95. The van der Waals surface area contributed by atoms with Gasteiger partial charge in [0.15, 0.2) is 40.2 Å². The molecule has 2 unspecified atom stereocenters. The molecule has 0 radical (unpaired) electrons. The maximum absolute atomic E-state index is 13.1. The zero-order valence-electron chi connectivity index (χ0n) is 26.7. The Bertz CT molecular complexity index is 2010. The van der Waals surface area contributed by atoms with Crippen molar-refractivity contribution in [2.24, 2.45) is 0 Å². The number of carboxylic acids is 1. The lowest BCUT2D eigenvalue weighted by atomic mass is 9.83. The summed E-state index contributed by atoms with van der Waals surface area (Å²) in [5.74, 6) is -7.50. The second kappa shape index (κ2) is 14.4. The largest absolute Gasteiger partial charge is 0.508 e. The third kappa shape index (κ3) is 7.22. The molecule has 2 atom stereocenters. The maximum atomic E-state index is 13.1. The van der Waals surface area contributed by atoms with E-state index in [0.717, 1.165) is 18.2 Å². The molecule has 5 rings (SSSR count). The van der Waals surface area contributed by atoms with E-state index in [1.54, 1.807) is 25.1 Å². The molecule has 260 valence electrons. The summed E-state index contributed by atoms with van der Waals surface area (Å²) in [7, 11) is 0. The van der Waals surface area contributed by atoms with Gasteiger partial charge in [0.1, 0.15) is 5.75 Å². The average molecular weight is 686 g/mol. The van der Waals surface area contributed by atoms with E-state index in [1.807, 2.05) is 0 Å². The van der Waals surface area contributed by atoms with E-state index in [1.165, 1.54) is 36.4 Å². The monoisotopic (exact) mass is 685 g/mol. The Balaban J connectivity index is 1.51. The van der Waals surface area contributed by atoms with Gasteiger partial charge in [-0.15, -0.1) is 0 Å². The lowest BCUT2D eigenvalue weighted by molar-refractivity contribution is -0.162. The SMILES string of the molecule is CCNCC(c1cc(O)c(O)c(O)c1)C(OC(=O)C=Cc1cc(O)c(O)c2c1C=C(c1cc(O)c(O)cc1-c1cccc(O)c1)CC2)C(=O)O.